The highest BCUT2D eigenvalue weighted by atomic mass is 32.1. The van der Waals surface area contributed by atoms with Gasteiger partial charge >= 0.3 is 23.8 Å². The predicted octanol–water partition coefficient (Wildman–Crippen LogP) is 4.99. The molecule has 0 aliphatic heterocycles. The number of nitrogens with one attached hydrogen (secondary N) is 2. The van der Waals surface area contributed by atoms with E-state index in [1.54, 1.807) is 13.8 Å². The minimum absolute atomic E-state index is 0.214. The van der Waals surface area contributed by atoms with Crippen LogP contribution in [-0.4, -0.2) is 37.0 Å². The molecule has 8 nitrogen and oxygen atoms in total. The number of carbonyl (C=O) groups is 4. The van der Waals surface area contributed by atoms with Gasteiger partial charge in [0.2, 0.25) is 0 Å². The molecule has 10 heteroatoms. The van der Waals surface area contributed by atoms with Gasteiger partial charge in [0.05, 0.1) is 24.3 Å². The Morgan fingerprint density at radius 2 is 1.14 bits per heavy atom. The lowest BCUT2D eigenvalue weighted by Gasteiger charge is -2.18. The third-order valence-corrected chi connectivity index (χ3v) is 8.98. The first-order chi connectivity index (χ1) is 17.2. The Balaban J connectivity index is 1.58. The van der Waals surface area contributed by atoms with E-state index in [0.29, 0.717) is 33.0 Å². The van der Waals surface area contributed by atoms with Crippen LogP contribution in [0.4, 0.5) is 10.0 Å². The number of hydrogen-bond acceptors (Lipinski definition) is 8. The number of esters is 2. The van der Waals surface area contributed by atoms with Crippen LogP contribution in [0.5, 0.6) is 0 Å². The Hall–Kier alpha value is -2.72. The number of carbonyl (C=O) groups excluding carboxylic acids is 4. The summed E-state index contributed by atoms with van der Waals surface area (Å²) < 4.78 is 10.5. The van der Waals surface area contributed by atoms with Crippen LogP contribution in [-0.2, 0) is 44.7 Å². The maximum atomic E-state index is 12.9. The minimum Gasteiger partial charge on any atom is -0.462 e. The molecule has 0 bridgehead atoms. The van der Waals surface area contributed by atoms with Crippen LogP contribution >= 0.6 is 22.7 Å². The average Bonchev–Trinajstić information content (AvgIpc) is 3.35. The van der Waals surface area contributed by atoms with Crippen molar-refractivity contribution in [1.82, 2.24) is 0 Å². The molecule has 194 valence electrons. The first-order valence-corrected chi connectivity index (χ1v) is 14.1. The molecule has 2 aliphatic rings. The number of anilines is 2. The third kappa shape index (κ3) is 5.34. The number of amides is 2. The molecule has 0 saturated heterocycles. The van der Waals surface area contributed by atoms with Gasteiger partial charge in [-0.05, 0) is 75.3 Å². The monoisotopic (exact) mass is 532 g/mol. The van der Waals surface area contributed by atoms with E-state index >= 15 is 0 Å². The van der Waals surface area contributed by atoms with Crippen molar-refractivity contribution in [1.29, 1.82) is 0 Å². The van der Waals surface area contributed by atoms with Crippen LogP contribution in [0.25, 0.3) is 0 Å². The summed E-state index contributed by atoms with van der Waals surface area (Å²) in [4.78, 5) is 53.4. The lowest BCUT2D eigenvalue weighted by atomic mass is 9.88. The van der Waals surface area contributed by atoms with Gasteiger partial charge in [-0.3, -0.25) is 9.59 Å². The summed E-state index contributed by atoms with van der Waals surface area (Å²) in [5.74, 6) is -1.84. The van der Waals surface area contributed by atoms with Gasteiger partial charge < -0.3 is 20.1 Å². The maximum Gasteiger partial charge on any atom is 0.341 e. The van der Waals surface area contributed by atoms with E-state index in [4.69, 9.17) is 9.47 Å². The number of ether oxygens (including phenoxy) is 2. The summed E-state index contributed by atoms with van der Waals surface area (Å²) in [6.07, 6.45) is 4.98. The predicted molar refractivity (Wildman–Crippen MR) is 140 cm³/mol. The average molecular weight is 533 g/mol. The largest absolute Gasteiger partial charge is 0.462 e. The number of fused-ring (bicyclic) bond motifs is 2. The van der Waals surface area contributed by atoms with Crippen molar-refractivity contribution in [3.63, 3.8) is 0 Å². The van der Waals surface area contributed by atoms with Crippen molar-refractivity contribution in [2.45, 2.75) is 66.2 Å². The second-order valence-electron chi connectivity index (χ2n) is 9.46. The molecule has 2 unspecified atom stereocenters. The van der Waals surface area contributed by atoms with Gasteiger partial charge in [0.1, 0.15) is 10.0 Å². The zero-order valence-corrected chi connectivity index (χ0v) is 22.7. The Morgan fingerprint density at radius 3 is 1.50 bits per heavy atom. The van der Waals surface area contributed by atoms with Gasteiger partial charge in [0.25, 0.3) is 0 Å². The first kappa shape index (κ1) is 26.3. The summed E-state index contributed by atoms with van der Waals surface area (Å²) in [7, 11) is 0. The van der Waals surface area contributed by atoms with Crippen molar-refractivity contribution < 1.29 is 28.7 Å². The molecule has 2 aromatic rings. The minimum atomic E-state index is -0.901. The van der Waals surface area contributed by atoms with Crippen molar-refractivity contribution in [2.24, 2.45) is 11.8 Å². The van der Waals surface area contributed by atoms with Gasteiger partial charge in [0.15, 0.2) is 0 Å². The molecular formula is C26H32N2O6S2. The van der Waals surface area contributed by atoms with E-state index in [0.717, 1.165) is 59.4 Å². The normalized spacial score (nSPS) is 18.6. The molecule has 0 aromatic carbocycles. The highest BCUT2D eigenvalue weighted by molar-refractivity contribution is 7.17. The quantitative estimate of drug-likeness (QED) is 0.401. The van der Waals surface area contributed by atoms with Crippen LogP contribution < -0.4 is 10.6 Å². The van der Waals surface area contributed by atoms with Gasteiger partial charge in [-0.25, -0.2) is 9.59 Å². The summed E-state index contributed by atoms with van der Waals surface area (Å²) >= 11 is 2.65. The molecule has 4 rings (SSSR count). The highest BCUT2D eigenvalue weighted by Gasteiger charge is 2.32. The SMILES string of the molecule is CCOC(=O)c1c(NC(=O)C(=O)Nc2sc3c(c2C(=O)OCC)CCC(C)C3)sc2c1CCC(C)C2. The van der Waals surface area contributed by atoms with E-state index in [9.17, 15) is 19.2 Å². The fraction of sp³-hybridized carbons (Fsp3) is 0.538. The van der Waals surface area contributed by atoms with E-state index < -0.39 is 23.8 Å². The third-order valence-electron chi connectivity index (χ3n) is 6.64. The molecule has 0 saturated carbocycles. The van der Waals surface area contributed by atoms with Gasteiger partial charge in [-0.2, -0.15) is 0 Å². The molecule has 2 atom stereocenters. The lowest BCUT2D eigenvalue weighted by molar-refractivity contribution is -0.132. The van der Waals surface area contributed by atoms with Crippen molar-refractivity contribution in [3.8, 4) is 0 Å². The second-order valence-corrected chi connectivity index (χ2v) is 11.7. The number of thiophene rings is 2. The smallest absolute Gasteiger partial charge is 0.341 e. The van der Waals surface area contributed by atoms with E-state index in [1.807, 2.05) is 0 Å². The lowest BCUT2D eigenvalue weighted by Crippen LogP contribution is -2.30. The van der Waals surface area contributed by atoms with Crippen molar-refractivity contribution >= 4 is 56.4 Å². The van der Waals surface area contributed by atoms with Crippen LogP contribution in [0.3, 0.4) is 0 Å². The van der Waals surface area contributed by atoms with E-state index in [-0.39, 0.29) is 13.2 Å². The molecule has 2 aliphatic carbocycles. The summed E-state index contributed by atoms with van der Waals surface area (Å²) in [5.41, 5.74) is 2.49. The Kier molecular flexibility index (Phi) is 8.14. The van der Waals surface area contributed by atoms with Crippen molar-refractivity contribution in [2.75, 3.05) is 23.8 Å². The standard InChI is InChI=1S/C26H32N2O6S2/c1-5-33-25(31)19-15-9-7-13(3)11-17(15)35-23(19)27-21(29)22(30)28-24-20(26(32)34-6-2)16-10-8-14(4)12-18(16)36-24/h13-14H,5-12H2,1-4H3,(H,27,29)(H,28,30). The Morgan fingerprint density at radius 1 is 0.750 bits per heavy atom. The fourth-order valence-electron chi connectivity index (χ4n) is 4.84. The summed E-state index contributed by atoms with van der Waals surface area (Å²) in [6.45, 7) is 8.19. The fourth-order valence-corrected chi connectivity index (χ4v) is 7.62. The maximum absolute atomic E-state index is 12.9. The van der Waals surface area contributed by atoms with Crippen LogP contribution in [0.2, 0.25) is 0 Å². The highest BCUT2D eigenvalue weighted by Crippen LogP contribution is 2.41. The van der Waals surface area contributed by atoms with Crippen LogP contribution in [0, 0.1) is 11.8 Å². The van der Waals surface area contributed by atoms with Crippen LogP contribution in [0.1, 0.15) is 82.1 Å². The molecule has 2 amide bonds. The van der Waals surface area contributed by atoms with Gasteiger partial charge in [0, 0.05) is 9.75 Å². The Bertz CT molecular complexity index is 1110. The second kappa shape index (κ2) is 11.1. The number of rotatable bonds is 6. The zero-order chi connectivity index (χ0) is 26.0. The summed E-state index contributed by atoms with van der Waals surface area (Å²) in [5, 5.41) is 5.94. The zero-order valence-electron chi connectivity index (χ0n) is 21.1. The molecule has 2 heterocycles. The van der Waals surface area contributed by atoms with Gasteiger partial charge in [-0.15, -0.1) is 22.7 Å². The number of hydrogen-bond donors (Lipinski definition) is 2. The molecule has 2 aromatic heterocycles. The van der Waals surface area contributed by atoms with E-state index in [1.165, 1.54) is 22.7 Å². The van der Waals surface area contributed by atoms with E-state index in [2.05, 4.69) is 24.5 Å². The van der Waals surface area contributed by atoms with Gasteiger partial charge in [-0.1, -0.05) is 13.8 Å². The topological polar surface area (TPSA) is 111 Å². The molecule has 0 spiro atoms. The summed E-state index contributed by atoms with van der Waals surface area (Å²) in [6, 6.07) is 0. The Labute approximate surface area is 218 Å². The van der Waals surface area contributed by atoms with Crippen molar-refractivity contribution in [3.05, 3.63) is 32.0 Å². The molecular weight excluding hydrogens is 500 g/mol. The molecule has 0 fully saturated rings. The van der Waals surface area contributed by atoms with Crippen LogP contribution in [0.15, 0.2) is 0 Å². The molecule has 36 heavy (non-hydrogen) atoms. The molecule has 2 N–H and O–H groups in total. The first-order valence-electron chi connectivity index (χ1n) is 12.5. The molecule has 0 radical (unpaired) electrons.